The fourth-order valence-electron chi connectivity index (χ4n) is 2.82. The molecule has 1 aliphatic rings. The Bertz CT molecular complexity index is 979. The molecule has 3 rings (SSSR count). The molecule has 0 bridgehead atoms. The molecule has 1 saturated heterocycles. The minimum atomic E-state index is -3.76. The van der Waals surface area contributed by atoms with Crippen molar-refractivity contribution < 1.29 is 13.2 Å². The van der Waals surface area contributed by atoms with E-state index in [0.29, 0.717) is 18.8 Å². The highest BCUT2D eigenvalue weighted by Crippen LogP contribution is 2.31. The number of nitrogens with one attached hydrogen (secondary N) is 1. The van der Waals surface area contributed by atoms with Crippen molar-refractivity contribution in [1.82, 2.24) is 14.2 Å². The summed E-state index contributed by atoms with van der Waals surface area (Å²) < 4.78 is 27.0. The van der Waals surface area contributed by atoms with Crippen molar-refractivity contribution in [2.24, 2.45) is 0 Å². The third-order valence-electron chi connectivity index (χ3n) is 4.27. The second kappa shape index (κ2) is 8.94. The molecule has 1 aromatic carbocycles. The Balaban J connectivity index is 1.59. The van der Waals surface area contributed by atoms with E-state index in [-0.39, 0.29) is 45.6 Å². The second-order valence-corrected chi connectivity index (χ2v) is 9.17. The zero-order chi connectivity index (χ0) is 20.3. The van der Waals surface area contributed by atoms with Gasteiger partial charge < -0.3 is 5.32 Å². The SMILES string of the molecule is O=C(CN1CCN(S(=O)(=O)c2cccc(Cl)c2Cl)CC1)Nc1cccnc1Cl. The summed E-state index contributed by atoms with van der Waals surface area (Å²) in [5.74, 6) is -0.246. The van der Waals surface area contributed by atoms with E-state index in [4.69, 9.17) is 34.8 Å². The molecule has 1 aliphatic heterocycles. The number of pyridine rings is 1. The van der Waals surface area contributed by atoms with Crippen LogP contribution in [0.4, 0.5) is 5.69 Å². The predicted molar refractivity (Wildman–Crippen MR) is 110 cm³/mol. The summed E-state index contributed by atoms with van der Waals surface area (Å²) in [6.45, 7) is 1.42. The Morgan fingerprint density at radius 1 is 1.07 bits per heavy atom. The summed E-state index contributed by atoms with van der Waals surface area (Å²) in [7, 11) is -3.76. The van der Waals surface area contributed by atoms with E-state index in [1.165, 1.54) is 22.6 Å². The molecule has 2 aromatic rings. The van der Waals surface area contributed by atoms with Crippen molar-refractivity contribution in [2.45, 2.75) is 4.90 Å². The largest absolute Gasteiger partial charge is 0.322 e. The van der Waals surface area contributed by atoms with Crippen LogP contribution in [0.2, 0.25) is 15.2 Å². The predicted octanol–water partition coefficient (Wildman–Crippen LogP) is 2.99. The van der Waals surface area contributed by atoms with E-state index in [2.05, 4.69) is 10.3 Å². The molecule has 11 heteroatoms. The van der Waals surface area contributed by atoms with Gasteiger partial charge in [-0.2, -0.15) is 4.31 Å². The van der Waals surface area contributed by atoms with Crippen LogP contribution in [-0.4, -0.2) is 61.2 Å². The average molecular weight is 464 g/mol. The van der Waals surface area contributed by atoms with Crippen molar-refractivity contribution in [3.63, 3.8) is 0 Å². The number of rotatable bonds is 5. The Labute approximate surface area is 178 Å². The van der Waals surface area contributed by atoms with Gasteiger partial charge in [0.15, 0.2) is 5.15 Å². The highest BCUT2D eigenvalue weighted by atomic mass is 35.5. The first-order chi connectivity index (χ1) is 13.3. The molecule has 7 nitrogen and oxygen atoms in total. The Morgan fingerprint density at radius 3 is 2.46 bits per heavy atom. The summed E-state index contributed by atoms with van der Waals surface area (Å²) in [6.07, 6.45) is 1.53. The van der Waals surface area contributed by atoms with Crippen LogP contribution in [0.25, 0.3) is 0 Å². The van der Waals surface area contributed by atoms with Crippen LogP contribution in [0.3, 0.4) is 0 Å². The van der Waals surface area contributed by atoms with Crippen LogP contribution < -0.4 is 5.32 Å². The molecule has 1 fully saturated rings. The van der Waals surface area contributed by atoms with Crippen molar-refractivity contribution in [3.05, 3.63) is 51.7 Å². The molecule has 1 N–H and O–H groups in total. The zero-order valence-corrected chi connectivity index (χ0v) is 17.7. The lowest BCUT2D eigenvalue weighted by atomic mass is 10.3. The molecule has 0 atom stereocenters. The van der Waals surface area contributed by atoms with Crippen molar-refractivity contribution in [3.8, 4) is 0 Å². The number of hydrogen-bond acceptors (Lipinski definition) is 5. The molecule has 150 valence electrons. The van der Waals surface area contributed by atoms with Crippen molar-refractivity contribution >= 4 is 56.4 Å². The maximum absolute atomic E-state index is 12.8. The summed E-state index contributed by atoms with van der Waals surface area (Å²) in [6, 6.07) is 7.85. The van der Waals surface area contributed by atoms with Gasteiger partial charge in [0.1, 0.15) is 4.90 Å². The summed E-state index contributed by atoms with van der Waals surface area (Å²) in [5, 5.41) is 3.11. The fourth-order valence-corrected chi connectivity index (χ4v) is 5.15. The number of carbonyl (C=O) groups is 1. The smallest absolute Gasteiger partial charge is 0.244 e. The number of sulfonamides is 1. The number of piperazine rings is 1. The molecule has 28 heavy (non-hydrogen) atoms. The molecule has 2 heterocycles. The Morgan fingerprint density at radius 2 is 1.79 bits per heavy atom. The first kappa shape index (κ1) is 21.3. The van der Waals surface area contributed by atoms with Gasteiger partial charge in [0.05, 0.1) is 22.3 Å². The van der Waals surface area contributed by atoms with E-state index in [1.54, 1.807) is 18.2 Å². The first-order valence-electron chi connectivity index (χ1n) is 8.36. The van der Waals surface area contributed by atoms with E-state index < -0.39 is 10.0 Å². The number of nitrogens with zero attached hydrogens (tertiary/aromatic N) is 3. The maximum atomic E-state index is 12.8. The number of aromatic nitrogens is 1. The Hall–Kier alpha value is -1.42. The minimum Gasteiger partial charge on any atom is -0.322 e. The van der Waals surface area contributed by atoms with Crippen LogP contribution in [0.15, 0.2) is 41.4 Å². The lowest BCUT2D eigenvalue weighted by Gasteiger charge is -2.33. The highest BCUT2D eigenvalue weighted by Gasteiger charge is 2.31. The van der Waals surface area contributed by atoms with Gasteiger partial charge in [0.2, 0.25) is 15.9 Å². The lowest BCUT2D eigenvalue weighted by Crippen LogP contribution is -2.50. The maximum Gasteiger partial charge on any atom is 0.244 e. The van der Waals surface area contributed by atoms with Gasteiger partial charge >= 0.3 is 0 Å². The summed E-state index contributed by atoms with van der Waals surface area (Å²) in [5.41, 5.74) is 0.436. The Kier molecular flexibility index (Phi) is 6.80. The van der Waals surface area contributed by atoms with Crippen LogP contribution in [0.1, 0.15) is 0 Å². The number of anilines is 1. The van der Waals surface area contributed by atoms with Gasteiger partial charge in [-0.1, -0.05) is 40.9 Å². The molecule has 1 amide bonds. The molecule has 0 radical (unpaired) electrons. The normalized spacial score (nSPS) is 16.1. The molecule has 1 aromatic heterocycles. The molecular formula is C17H17Cl3N4O3S. The fraction of sp³-hybridized carbons (Fsp3) is 0.294. The third-order valence-corrected chi connectivity index (χ3v) is 7.44. The first-order valence-corrected chi connectivity index (χ1v) is 10.9. The van der Waals surface area contributed by atoms with Crippen LogP contribution >= 0.6 is 34.8 Å². The number of carbonyl (C=O) groups excluding carboxylic acids is 1. The zero-order valence-electron chi connectivity index (χ0n) is 14.6. The van der Waals surface area contributed by atoms with Gasteiger partial charge in [-0.25, -0.2) is 13.4 Å². The minimum absolute atomic E-state index is 0.0133. The quantitative estimate of drug-likeness (QED) is 0.689. The molecule has 0 aliphatic carbocycles. The monoisotopic (exact) mass is 462 g/mol. The number of hydrogen-bond donors (Lipinski definition) is 1. The van der Waals surface area contributed by atoms with Gasteiger partial charge in [-0.05, 0) is 24.3 Å². The van der Waals surface area contributed by atoms with Crippen LogP contribution in [0.5, 0.6) is 0 Å². The second-order valence-electron chi connectivity index (χ2n) is 6.12. The molecule has 0 spiro atoms. The van der Waals surface area contributed by atoms with Gasteiger partial charge in [-0.15, -0.1) is 0 Å². The van der Waals surface area contributed by atoms with Crippen molar-refractivity contribution in [1.29, 1.82) is 0 Å². The number of halogens is 3. The standard InChI is InChI=1S/C17H17Cl3N4O3S/c18-12-3-1-5-14(16(12)19)28(26,27)24-9-7-23(8-10-24)11-15(25)22-13-4-2-6-21-17(13)20/h1-6H,7-11H2,(H,22,25). The highest BCUT2D eigenvalue weighted by molar-refractivity contribution is 7.89. The lowest BCUT2D eigenvalue weighted by molar-refractivity contribution is -0.117. The van der Waals surface area contributed by atoms with E-state index >= 15 is 0 Å². The van der Waals surface area contributed by atoms with Crippen LogP contribution in [-0.2, 0) is 14.8 Å². The van der Waals surface area contributed by atoms with Gasteiger partial charge in [0.25, 0.3) is 0 Å². The van der Waals surface area contributed by atoms with Crippen LogP contribution in [0, 0.1) is 0 Å². The molecule has 0 saturated carbocycles. The molecule has 0 unspecified atom stereocenters. The van der Waals surface area contributed by atoms with E-state index in [0.717, 1.165) is 0 Å². The number of amides is 1. The average Bonchev–Trinajstić information content (AvgIpc) is 2.66. The summed E-state index contributed by atoms with van der Waals surface area (Å²) >= 11 is 17.9. The number of benzene rings is 1. The van der Waals surface area contributed by atoms with Gasteiger partial charge in [0, 0.05) is 32.4 Å². The topological polar surface area (TPSA) is 82.6 Å². The summed E-state index contributed by atoms with van der Waals surface area (Å²) in [4.78, 5) is 18.0. The molecular weight excluding hydrogens is 447 g/mol. The third kappa shape index (κ3) is 4.76. The van der Waals surface area contributed by atoms with Gasteiger partial charge in [-0.3, -0.25) is 9.69 Å². The van der Waals surface area contributed by atoms with E-state index in [9.17, 15) is 13.2 Å². The van der Waals surface area contributed by atoms with E-state index in [1.807, 2.05) is 4.90 Å². The van der Waals surface area contributed by atoms with Crippen molar-refractivity contribution in [2.75, 3.05) is 38.0 Å².